The van der Waals surface area contributed by atoms with Gasteiger partial charge in [0.1, 0.15) is 20.3 Å². The maximum Gasteiger partial charge on any atom is 0.215 e. The Bertz CT molecular complexity index is 193. The van der Waals surface area contributed by atoms with Crippen LogP contribution in [0.3, 0.4) is 0 Å². The van der Waals surface area contributed by atoms with Crippen molar-refractivity contribution in [1.29, 1.82) is 0 Å². The van der Waals surface area contributed by atoms with E-state index in [9.17, 15) is 8.42 Å². The first-order valence-electron chi connectivity index (χ1n) is 2.71. The zero-order valence-electron chi connectivity index (χ0n) is 5.61. The van der Waals surface area contributed by atoms with Crippen LogP contribution in [0.1, 0.15) is 0 Å². The Morgan fingerprint density at radius 2 is 1.80 bits per heavy atom. The minimum Gasteiger partial charge on any atom is -0.339 e. The zero-order valence-corrected chi connectivity index (χ0v) is 6.43. The number of hydrogen-bond acceptors (Lipinski definition) is 4. The SMILES string of the molecule is CS(=O)(=O)N1COCOC1. The molecule has 0 radical (unpaired) electrons. The van der Waals surface area contributed by atoms with Gasteiger partial charge in [0.05, 0.1) is 6.26 Å². The first kappa shape index (κ1) is 7.93. The topological polar surface area (TPSA) is 55.8 Å². The molecule has 0 aromatic rings. The van der Waals surface area contributed by atoms with Crippen LogP contribution in [-0.2, 0) is 19.5 Å². The van der Waals surface area contributed by atoms with E-state index in [1.807, 2.05) is 0 Å². The molecule has 0 aliphatic carbocycles. The van der Waals surface area contributed by atoms with E-state index in [0.29, 0.717) is 0 Å². The molecule has 0 unspecified atom stereocenters. The Balaban J connectivity index is 2.56. The van der Waals surface area contributed by atoms with Crippen molar-refractivity contribution in [2.75, 3.05) is 26.5 Å². The third kappa shape index (κ3) is 1.91. The summed E-state index contributed by atoms with van der Waals surface area (Å²) < 4.78 is 32.1. The van der Waals surface area contributed by atoms with Gasteiger partial charge in [-0.2, -0.15) is 4.31 Å². The minimum absolute atomic E-state index is 0.0961. The molecule has 0 aromatic heterocycles. The molecule has 0 bridgehead atoms. The Morgan fingerprint density at radius 3 is 2.10 bits per heavy atom. The molecule has 10 heavy (non-hydrogen) atoms. The van der Waals surface area contributed by atoms with Crippen molar-refractivity contribution >= 4 is 10.0 Å². The lowest BCUT2D eigenvalue weighted by atomic mass is 11.0. The second-order valence-corrected chi connectivity index (χ2v) is 3.98. The van der Waals surface area contributed by atoms with Gasteiger partial charge in [0.2, 0.25) is 10.0 Å². The summed E-state index contributed by atoms with van der Waals surface area (Å²) in [5.74, 6) is 0. The number of ether oxygens (including phenoxy) is 2. The molecule has 0 aromatic carbocycles. The fourth-order valence-corrected chi connectivity index (χ4v) is 1.10. The normalized spacial score (nSPS) is 22.9. The summed E-state index contributed by atoms with van der Waals surface area (Å²) in [5, 5.41) is 0. The molecule has 60 valence electrons. The van der Waals surface area contributed by atoms with E-state index < -0.39 is 10.0 Å². The van der Waals surface area contributed by atoms with Gasteiger partial charge >= 0.3 is 0 Å². The fourth-order valence-electron chi connectivity index (χ4n) is 0.566. The molecule has 1 heterocycles. The van der Waals surface area contributed by atoms with Gasteiger partial charge in [-0.15, -0.1) is 0 Å². The summed E-state index contributed by atoms with van der Waals surface area (Å²) >= 11 is 0. The summed E-state index contributed by atoms with van der Waals surface area (Å²) in [6.07, 6.45) is 1.12. The highest BCUT2D eigenvalue weighted by Crippen LogP contribution is 2.02. The van der Waals surface area contributed by atoms with E-state index >= 15 is 0 Å². The Hall–Kier alpha value is -0.170. The van der Waals surface area contributed by atoms with Crippen molar-refractivity contribution in [2.45, 2.75) is 0 Å². The smallest absolute Gasteiger partial charge is 0.215 e. The monoisotopic (exact) mass is 167 g/mol. The number of nitrogens with zero attached hydrogens (tertiary/aromatic N) is 1. The average Bonchev–Trinajstić information content (AvgIpc) is 1.88. The molecule has 5 nitrogen and oxygen atoms in total. The van der Waals surface area contributed by atoms with Crippen LogP contribution < -0.4 is 0 Å². The molecule has 0 N–H and O–H groups in total. The molecule has 0 spiro atoms. The van der Waals surface area contributed by atoms with Gasteiger partial charge in [-0.05, 0) is 0 Å². The van der Waals surface area contributed by atoms with E-state index in [1.54, 1.807) is 0 Å². The second-order valence-electron chi connectivity index (χ2n) is 2.00. The molecule has 1 aliphatic rings. The third-order valence-corrected chi connectivity index (χ3v) is 2.26. The van der Waals surface area contributed by atoms with Crippen LogP contribution in [-0.4, -0.2) is 39.2 Å². The van der Waals surface area contributed by atoms with Crippen molar-refractivity contribution in [3.63, 3.8) is 0 Å². The van der Waals surface area contributed by atoms with Gasteiger partial charge in [-0.1, -0.05) is 0 Å². The molecule has 0 amide bonds. The van der Waals surface area contributed by atoms with E-state index in [4.69, 9.17) is 9.47 Å². The highest BCUT2D eigenvalue weighted by molar-refractivity contribution is 7.88. The van der Waals surface area contributed by atoms with Crippen LogP contribution in [0, 0.1) is 0 Å². The predicted octanol–water partition coefficient (Wildman–Crippen LogP) is -0.833. The first-order chi connectivity index (χ1) is 4.61. The lowest BCUT2D eigenvalue weighted by molar-refractivity contribution is -0.153. The summed E-state index contributed by atoms with van der Waals surface area (Å²) in [7, 11) is -3.14. The Kier molecular flexibility index (Phi) is 2.24. The van der Waals surface area contributed by atoms with Gasteiger partial charge in [-0.3, -0.25) is 0 Å². The molecule has 1 aliphatic heterocycles. The number of rotatable bonds is 1. The molecule has 1 rings (SSSR count). The average molecular weight is 167 g/mol. The van der Waals surface area contributed by atoms with E-state index in [-0.39, 0.29) is 20.3 Å². The lowest BCUT2D eigenvalue weighted by Crippen LogP contribution is -2.38. The number of hydrogen-bond donors (Lipinski definition) is 0. The van der Waals surface area contributed by atoms with Crippen LogP contribution >= 0.6 is 0 Å². The molecule has 1 fully saturated rings. The second kappa shape index (κ2) is 2.83. The van der Waals surface area contributed by atoms with Gasteiger partial charge in [0.25, 0.3) is 0 Å². The minimum atomic E-state index is -3.14. The molecule has 0 saturated carbocycles. The van der Waals surface area contributed by atoms with E-state index in [1.165, 1.54) is 0 Å². The van der Waals surface area contributed by atoms with Crippen molar-refractivity contribution in [2.24, 2.45) is 0 Å². The summed E-state index contributed by atoms with van der Waals surface area (Å²) in [6, 6.07) is 0. The molecular formula is C4H9NO4S. The van der Waals surface area contributed by atoms with Crippen LogP contribution in [0.25, 0.3) is 0 Å². The largest absolute Gasteiger partial charge is 0.339 e. The highest BCUT2D eigenvalue weighted by Gasteiger charge is 2.19. The third-order valence-electron chi connectivity index (χ3n) is 1.11. The highest BCUT2D eigenvalue weighted by atomic mass is 32.2. The van der Waals surface area contributed by atoms with Gasteiger partial charge in [0, 0.05) is 0 Å². The summed E-state index contributed by atoms with van der Waals surface area (Å²) in [4.78, 5) is 0. The predicted molar refractivity (Wildman–Crippen MR) is 33.5 cm³/mol. The van der Waals surface area contributed by atoms with E-state index in [0.717, 1.165) is 10.6 Å². The molecular weight excluding hydrogens is 158 g/mol. The van der Waals surface area contributed by atoms with Crippen molar-refractivity contribution in [3.05, 3.63) is 0 Å². The standard InChI is InChI=1S/C4H9NO4S/c1-10(6,7)5-2-8-4-9-3-5/h2-4H2,1H3. The van der Waals surface area contributed by atoms with Crippen molar-refractivity contribution in [1.82, 2.24) is 4.31 Å². The Morgan fingerprint density at radius 1 is 1.30 bits per heavy atom. The lowest BCUT2D eigenvalue weighted by Gasteiger charge is -2.23. The van der Waals surface area contributed by atoms with Gasteiger partial charge in [0.15, 0.2) is 0 Å². The van der Waals surface area contributed by atoms with E-state index in [2.05, 4.69) is 0 Å². The quantitative estimate of drug-likeness (QED) is 0.511. The summed E-state index contributed by atoms with van der Waals surface area (Å²) in [6.45, 7) is 0.365. The van der Waals surface area contributed by atoms with Crippen LogP contribution in [0.4, 0.5) is 0 Å². The number of sulfonamides is 1. The molecule has 0 atom stereocenters. The van der Waals surface area contributed by atoms with Gasteiger partial charge < -0.3 is 9.47 Å². The van der Waals surface area contributed by atoms with Crippen molar-refractivity contribution < 1.29 is 17.9 Å². The van der Waals surface area contributed by atoms with Crippen molar-refractivity contribution in [3.8, 4) is 0 Å². The van der Waals surface area contributed by atoms with Crippen LogP contribution in [0.2, 0.25) is 0 Å². The summed E-state index contributed by atoms with van der Waals surface area (Å²) in [5.41, 5.74) is 0. The van der Waals surface area contributed by atoms with Crippen LogP contribution in [0.5, 0.6) is 0 Å². The van der Waals surface area contributed by atoms with Gasteiger partial charge in [-0.25, -0.2) is 8.42 Å². The molecule has 1 saturated heterocycles. The zero-order chi connectivity index (χ0) is 7.61. The first-order valence-corrected chi connectivity index (χ1v) is 4.56. The fraction of sp³-hybridized carbons (Fsp3) is 1.00. The van der Waals surface area contributed by atoms with Crippen LogP contribution in [0.15, 0.2) is 0 Å². The maximum atomic E-state index is 10.8. The maximum absolute atomic E-state index is 10.8. The molecule has 6 heteroatoms. The Labute approximate surface area is 59.6 Å².